The van der Waals surface area contributed by atoms with E-state index in [-0.39, 0.29) is 29.9 Å². The summed E-state index contributed by atoms with van der Waals surface area (Å²) in [6, 6.07) is -0.334. The van der Waals surface area contributed by atoms with E-state index < -0.39 is 15.8 Å². The second-order valence-electron chi connectivity index (χ2n) is 4.76. The van der Waals surface area contributed by atoms with Gasteiger partial charge in [0.25, 0.3) is 0 Å². The van der Waals surface area contributed by atoms with Gasteiger partial charge in [0.15, 0.2) is 9.84 Å². The smallest absolute Gasteiger partial charge is 0.314 e. The second-order valence-corrected chi connectivity index (χ2v) is 6.99. The van der Waals surface area contributed by atoms with Crippen LogP contribution in [0.25, 0.3) is 0 Å². The quantitative estimate of drug-likeness (QED) is 0.571. The first-order valence-corrected chi connectivity index (χ1v) is 8.15. The number of sulfone groups is 1. The maximum atomic E-state index is 11.4. The van der Waals surface area contributed by atoms with Crippen LogP contribution in [0.4, 0.5) is 4.79 Å². The summed E-state index contributed by atoms with van der Waals surface area (Å²) in [6.07, 6.45) is 1.83. The van der Waals surface area contributed by atoms with Gasteiger partial charge in [0.2, 0.25) is 0 Å². The Balaban J connectivity index is 2.04. The van der Waals surface area contributed by atoms with Gasteiger partial charge >= 0.3 is 12.0 Å². The van der Waals surface area contributed by atoms with Crippen molar-refractivity contribution < 1.29 is 23.1 Å². The van der Waals surface area contributed by atoms with Crippen molar-refractivity contribution >= 4 is 21.8 Å². The maximum absolute atomic E-state index is 11.4. The summed E-state index contributed by atoms with van der Waals surface area (Å²) in [7, 11) is -2.90. The van der Waals surface area contributed by atoms with E-state index in [4.69, 9.17) is 5.11 Å². The third kappa shape index (κ3) is 7.00. The lowest BCUT2D eigenvalue weighted by Crippen LogP contribution is -2.38. The number of aliphatic carboxylic acids is 1. The monoisotopic (exact) mass is 292 g/mol. The molecule has 1 heterocycles. The highest BCUT2D eigenvalue weighted by atomic mass is 32.2. The van der Waals surface area contributed by atoms with Gasteiger partial charge in [-0.05, 0) is 25.2 Å². The highest BCUT2D eigenvalue weighted by molar-refractivity contribution is 7.91. The number of amides is 2. The molecule has 2 amide bonds. The van der Waals surface area contributed by atoms with Gasteiger partial charge < -0.3 is 15.7 Å². The second kappa shape index (κ2) is 7.32. The third-order valence-electron chi connectivity index (χ3n) is 2.98. The molecular formula is C11H20N2O5S. The molecular weight excluding hydrogens is 272 g/mol. The summed E-state index contributed by atoms with van der Waals surface area (Å²) in [5.74, 6) is -0.489. The Morgan fingerprint density at radius 3 is 2.53 bits per heavy atom. The number of rotatable bonds is 7. The minimum atomic E-state index is -2.90. The van der Waals surface area contributed by atoms with Gasteiger partial charge in [0, 0.05) is 19.5 Å². The Morgan fingerprint density at radius 1 is 1.21 bits per heavy atom. The molecule has 8 heteroatoms. The minimum Gasteiger partial charge on any atom is -0.481 e. The SMILES string of the molecule is O=C(O)CCCCNC(=O)NCC1CCS(=O)(=O)C1. The zero-order valence-corrected chi connectivity index (χ0v) is 11.5. The van der Waals surface area contributed by atoms with Crippen LogP contribution >= 0.6 is 0 Å². The van der Waals surface area contributed by atoms with Crippen LogP contribution in [-0.2, 0) is 14.6 Å². The Morgan fingerprint density at radius 2 is 1.95 bits per heavy atom. The number of carbonyl (C=O) groups excluding carboxylic acids is 1. The Labute approximate surface area is 112 Å². The van der Waals surface area contributed by atoms with Gasteiger partial charge in [-0.2, -0.15) is 0 Å². The number of urea groups is 1. The van der Waals surface area contributed by atoms with Crippen LogP contribution in [0.1, 0.15) is 25.7 Å². The molecule has 110 valence electrons. The first-order valence-electron chi connectivity index (χ1n) is 6.33. The molecule has 0 aromatic heterocycles. The normalized spacial score (nSPS) is 20.9. The molecule has 3 N–H and O–H groups in total. The van der Waals surface area contributed by atoms with E-state index in [9.17, 15) is 18.0 Å². The molecule has 1 unspecified atom stereocenters. The fraction of sp³-hybridized carbons (Fsp3) is 0.818. The largest absolute Gasteiger partial charge is 0.481 e. The molecule has 0 aromatic carbocycles. The molecule has 0 saturated carbocycles. The molecule has 0 radical (unpaired) electrons. The predicted octanol–water partition coefficient (Wildman–Crippen LogP) is -0.0248. The van der Waals surface area contributed by atoms with Crippen molar-refractivity contribution in [3.63, 3.8) is 0 Å². The van der Waals surface area contributed by atoms with Crippen LogP contribution in [0, 0.1) is 5.92 Å². The van der Waals surface area contributed by atoms with E-state index in [1.165, 1.54) is 0 Å². The summed E-state index contributed by atoms with van der Waals surface area (Å²) in [5.41, 5.74) is 0. The number of hydrogen-bond donors (Lipinski definition) is 3. The van der Waals surface area contributed by atoms with Crippen molar-refractivity contribution in [2.75, 3.05) is 24.6 Å². The molecule has 1 aliphatic rings. The lowest BCUT2D eigenvalue weighted by molar-refractivity contribution is -0.137. The van der Waals surface area contributed by atoms with Crippen molar-refractivity contribution in [3.8, 4) is 0 Å². The Hall–Kier alpha value is -1.31. The molecule has 0 bridgehead atoms. The highest BCUT2D eigenvalue weighted by Gasteiger charge is 2.27. The van der Waals surface area contributed by atoms with Crippen molar-refractivity contribution in [2.24, 2.45) is 5.92 Å². The van der Waals surface area contributed by atoms with Gasteiger partial charge in [-0.25, -0.2) is 13.2 Å². The molecule has 0 aliphatic carbocycles. The molecule has 19 heavy (non-hydrogen) atoms. The fourth-order valence-corrected chi connectivity index (χ4v) is 3.80. The van der Waals surface area contributed by atoms with Gasteiger partial charge in [0.05, 0.1) is 11.5 Å². The number of hydrogen-bond acceptors (Lipinski definition) is 4. The van der Waals surface area contributed by atoms with Gasteiger partial charge in [0.1, 0.15) is 0 Å². The zero-order valence-electron chi connectivity index (χ0n) is 10.7. The minimum absolute atomic E-state index is 0.00256. The first kappa shape index (κ1) is 15.7. The number of nitrogens with one attached hydrogen (secondary N) is 2. The zero-order chi connectivity index (χ0) is 14.3. The van der Waals surface area contributed by atoms with E-state index in [1.54, 1.807) is 0 Å². The molecule has 1 fully saturated rings. The van der Waals surface area contributed by atoms with E-state index in [1.807, 2.05) is 0 Å². The van der Waals surface area contributed by atoms with Crippen molar-refractivity contribution in [1.29, 1.82) is 0 Å². The van der Waals surface area contributed by atoms with Crippen LogP contribution in [0.15, 0.2) is 0 Å². The average Bonchev–Trinajstić information content (AvgIpc) is 2.65. The van der Waals surface area contributed by atoms with E-state index in [0.717, 1.165) is 0 Å². The fourth-order valence-electron chi connectivity index (χ4n) is 1.94. The third-order valence-corrected chi connectivity index (χ3v) is 4.82. The van der Waals surface area contributed by atoms with Gasteiger partial charge in [-0.1, -0.05) is 0 Å². The summed E-state index contributed by atoms with van der Waals surface area (Å²) in [6.45, 7) is 0.780. The lowest BCUT2D eigenvalue weighted by Gasteiger charge is -2.10. The molecule has 0 aromatic rings. The topological polar surface area (TPSA) is 113 Å². The van der Waals surface area contributed by atoms with E-state index in [0.29, 0.717) is 32.4 Å². The Kier molecular flexibility index (Phi) is 6.07. The summed E-state index contributed by atoms with van der Waals surface area (Å²) >= 11 is 0. The van der Waals surface area contributed by atoms with Crippen molar-refractivity contribution in [1.82, 2.24) is 10.6 Å². The lowest BCUT2D eigenvalue weighted by atomic mass is 10.1. The van der Waals surface area contributed by atoms with Crippen molar-refractivity contribution in [2.45, 2.75) is 25.7 Å². The van der Waals surface area contributed by atoms with Crippen LogP contribution in [0.2, 0.25) is 0 Å². The number of carboxylic acids is 1. The number of carboxylic acid groups (broad SMARTS) is 1. The number of unbranched alkanes of at least 4 members (excludes halogenated alkanes) is 1. The molecule has 1 rings (SSSR count). The first-order chi connectivity index (χ1) is 8.89. The maximum Gasteiger partial charge on any atom is 0.314 e. The summed E-state index contributed by atoms with van der Waals surface area (Å²) in [4.78, 5) is 21.6. The molecule has 1 aliphatic heterocycles. The van der Waals surface area contributed by atoms with Crippen molar-refractivity contribution in [3.05, 3.63) is 0 Å². The van der Waals surface area contributed by atoms with E-state index in [2.05, 4.69) is 10.6 Å². The van der Waals surface area contributed by atoms with Crippen LogP contribution in [0.5, 0.6) is 0 Å². The summed E-state index contributed by atoms with van der Waals surface area (Å²) < 4.78 is 22.4. The molecule has 1 atom stereocenters. The average molecular weight is 292 g/mol. The van der Waals surface area contributed by atoms with E-state index >= 15 is 0 Å². The summed E-state index contributed by atoms with van der Waals surface area (Å²) in [5, 5.41) is 13.7. The highest BCUT2D eigenvalue weighted by Crippen LogP contribution is 2.17. The molecule has 7 nitrogen and oxygen atoms in total. The predicted molar refractivity (Wildman–Crippen MR) is 69.6 cm³/mol. The standard InChI is InChI=1S/C11H20N2O5S/c14-10(15)3-1-2-5-12-11(16)13-7-9-4-6-19(17,18)8-9/h9H,1-8H2,(H,14,15)(H2,12,13,16). The van der Waals surface area contributed by atoms with Crippen LogP contribution in [0.3, 0.4) is 0 Å². The van der Waals surface area contributed by atoms with Gasteiger partial charge in [-0.15, -0.1) is 0 Å². The van der Waals surface area contributed by atoms with Crippen LogP contribution < -0.4 is 10.6 Å². The molecule has 0 spiro atoms. The Bertz CT molecular complexity index is 421. The van der Waals surface area contributed by atoms with Gasteiger partial charge in [-0.3, -0.25) is 4.79 Å². The number of carbonyl (C=O) groups is 2. The molecule has 1 saturated heterocycles. The van der Waals surface area contributed by atoms with Crippen LogP contribution in [-0.4, -0.2) is 50.1 Å².